The van der Waals surface area contributed by atoms with E-state index in [1.54, 1.807) is 0 Å². The largest absolute Gasteiger partial charge is 0.456 e. The van der Waals surface area contributed by atoms with Gasteiger partial charge in [0.25, 0.3) is 0 Å². The van der Waals surface area contributed by atoms with Gasteiger partial charge >= 0.3 is 0 Å². The average Bonchev–Trinajstić information content (AvgIpc) is 3.52. The number of benzene rings is 8. The van der Waals surface area contributed by atoms with Gasteiger partial charge in [-0.1, -0.05) is 127 Å². The fourth-order valence-corrected chi connectivity index (χ4v) is 7.34. The molecule has 0 atom stereocenters. The summed E-state index contributed by atoms with van der Waals surface area (Å²) in [4.78, 5) is 0. The van der Waals surface area contributed by atoms with Crippen LogP contribution < -0.4 is 4.74 Å². The molecular weight excluding hydrogens is 560 g/mol. The first-order valence-corrected chi connectivity index (χ1v) is 15.7. The summed E-state index contributed by atoms with van der Waals surface area (Å²) in [7, 11) is 0. The Morgan fingerprint density at radius 1 is 0.348 bits per heavy atom. The molecule has 0 amide bonds. The van der Waals surface area contributed by atoms with E-state index in [0.717, 1.165) is 44.4 Å². The summed E-state index contributed by atoms with van der Waals surface area (Å²) < 4.78 is 12.8. The molecule has 46 heavy (non-hydrogen) atoms. The Balaban J connectivity index is 1.05. The Hall–Kier alpha value is -6.12. The zero-order valence-corrected chi connectivity index (χ0v) is 24.8. The number of hydrogen-bond acceptors (Lipinski definition) is 2. The van der Waals surface area contributed by atoms with E-state index in [4.69, 9.17) is 9.15 Å². The highest BCUT2D eigenvalue weighted by atomic mass is 16.5. The predicted molar refractivity (Wildman–Crippen MR) is 191 cm³/mol. The Morgan fingerprint density at radius 2 is 1.09 bits per heavy atom. The molecule has 0 bridgehead atoms. The monoisotopic (exact) mass is 586 g/mol. The van der Waals surface area contributed by atoms with Gasteiger partial charge in [0.15, 0.2) is 0 Å². The molecule has 1 aliphatic rings. The van der Waals surface area contributed by atoms with Gasteiger partial charge < -0.3 is 9.15 Å². The molecule has 2 nitrogen and oxygen atoms in total. The zero-order valence-electron chi connectivity index (χ0n) is 24.8. The molecule has 214 valence electrons. The molecule has 0 saturated heterocycles. The molecule has 0 fully saturated rings. The lowest BCUT2D eigenvalue weighted by atomic mass is 9.89. The quantitative estimate of drug-likeness (QED) is 0.205. The van der Waals surface area contributed by atoms with E-state index in [2.05, 4.69) is 146 Å². The van der Waals surface area contributed by atoms with Gasteiger partial charge in [-0.3, -0.25) is 0 Å². The van der Waals surface area contributed by atoms with E-state index in [-0.39, 0.29) is 0 Å². The lowest BCUT2D eigenvalue weighted by Crippen LogP contribution is -1.97. The molecule has 0 N–H and O–H groups in total. The normalized spacial score (nSPS) is 12.1. The highest BCUT2D eigenvalue weighted by Gasteiger charge is 2.21. The van der Waals surface area contributed by atoms with Crippen LogP contribution in [0.1, 0.15) is 0 Å². The van der Waals surface area contributed by atoms with Crippen LogP contribution in [0.4, 0.5) is 0 Å². The first-order chi connectivity index (χ1) is 22.8. The highest BCUT2D eigenvalue weighted by molar-refractivity contribution is 6.19. The third-order valence-corrected chi connectivity index (χ3v) is 9.49. The van der Waals surface area contributed by atoms with Crippen molar-refractivity contribution in [1.82, 2.24) is 0 Å². The molecule has 9 aromatic rings. The molecule has 0 unspecified atom stereocenters. The lowest BCUT2D eigenvalue weighted by molar-refractivity contribution is 0.487. The van der Waals surface area contributed by atoms with Crippen LogP contribution in [0.2, 0.25) is 0 Å². The molecule has 0 aliphatic carbocycles. The van der Waals surface area contributed by atoms with Crippen LogP contribution in [-0.4, -0.2) is 0 Å². The summed E-state index contributed by atoms with van der Waals surface area (Å²) in [6, 6.07) is 56.1. The number of furan rings is 1. The van der Waals surface area contributed by atoms with Crippen LogP contribution in [-0.2, 0) is 0 Å². The lowest BCUT2D eigenvalue weighted by Gasteiger charge is -2.22. The molecule has 10 rings (SSSR count). The van der Waals surface area contributed by atoms with Crippen molar-refractivity contribution in [3.05, 3.63) is 158 Å². The van der Waals surface area contributed by atoms with Crippen molar-refractivity contribution in [3.8, 4) is 56.0 Å². The number of ether oxygens (including phenoxy) is 1. The standard InChI is InChI=1S/C44H26O2/c1-2-11-34-28(8-1)22-23-38-42-33(13-7-17-40(42)46-44(34)38)29-20-18-27(19-21-29)30-9-5-10-31(26-30)32-24-25-41-43-36(32)14-6-15-37(43)35-12-3-4-16-39(35)45-41/h1-26H. The first-order valence-electron chi connectivity index (χ1n) is 15.7. The van der Waals surface area contributed by atoms with Gasteiger partial charge in [0.2, 0.25) is 0 Å². The minimum absolute atomic E-state index is 0.909. The van der Waals surface area contributed by atoms with E-state index < -0.39 is 0 Å². The van der Waals surface area contributed by atoms with E-state index in [1.807, 2.05) is 12.1 Å². The van der Waals surface area contributed by atoms with Gasteiger partial charge in [0.05, 0.1) is 0 Å². The molecule has 2 heterocycles. The SMILES string of the molecule is c1cc(-c2ccc(-c3cccc4oc5c6ccccc6ccc5c34)cc2)cc(-c2ccc3c4c(cccc24)-c2ccccc2O3)c1. The molecule has 1 aliphatic heterocycles. The van der Waals surface area contributed by atoms with Crippen molar-refractivity contribution in [2.75, 3.05) is 0 Å². The second-order valence-corrected chi connectivity index (χ2v) is 12.0. The molecule has 1 aromatic heterocycles. The summed E-state index contributed by atoms with van der Waals surface area (Å²) in [5.41, 5.74) is 11.3. The van der Waals surface area contributed by atoms with Crippen LogP contribution in [0.15, 0.2) is 162 Å². The van der Waals surface area contributed by atoms with Crippen molar-refractivity contribution in [2.24, 2.45) is 0 Å². The third kappa shape index (κ3) is 3.71. The van der Waals surface area contributed by atoms with Gasteiger partial charge in [-0.15, -0.1) is 0 Å². The van der Waals surface area contributed by atoms with Gasteiger partial charge in [0.1, 0.15) is 22.7 Å². The zero-order chi connectivity index (χ0) is 30.2. The number of para-hydroxylation sites is 1. The first kappa shape index (κ1) is 25.2. The van der Waals surface area contributed by atoms with Crippen LogP contribution in [0.5, 0.6) is 11.5 Å². The van der Waals surface area contributed by atoms with Gasteiger partial charge in [-0.2, -0.15) is 0 Å². The molecular formula is C44H26O2. The fraction of sp³-hybridized carbons (Fsp3) is 0. The number of rotatable bonds is 3. The third-order valence-electron chi connectivity index (χ3n) is 9.49. The van der Waals surface area contributed by atoms with E-state index in [9.17, 15) is 0 Å². The molecule has 2 heteroatoms. The Kier molecular flexibility index (Phi) is 5.31. The van der Waals surface area contributed by atoms with Crippen molar-refractivity contribution in [2.45, 2.75) is 0 Å². The summed E-state index contributed by atoms with van der Waals surface area (Å²) in [6.07, 6.45) is 0. The molecule has 0 spiro atoms. The van der Waals surface area contributed by atoms with E-state index in [1.165, 1.54) is 55.1 Å². The van der Waals surface area contributed by atoms with E-state index in [0.29, 0.717) is 0 Å². The Labute approximate surface area is 265 Å². The minimum Gasteiger partial charge on any atom is -0.456 e. The predicted octanol–water partition coefficient (Wildman–Crippen LogP) is 12.7. The van der Waals surface area contributed by atoms with Crippen molar-refractivity contribution in [1.29, 1.82) is 0 Å². The maximum atomic E-state index is 6.44. The Bertz CT molecular complexity index is 2660. The Morgan fingerprint density at radius 3 is 2.04 bits per heavy atom. The van der Waals surface area contributed by atoms with Crippen molar-refractivity contribution >= 4 is 43.5 Å². The minimum atomic E-state index is 0.909. The molecule has 0 saturated carbocycles. The van der Waals surface area contributed by atoms with E-state index >= 15 is 0 Å². The molecule has 0 radical (unpaired) electrons. The maximum absolute atomic E-state index is 6.44. The number of hydrogen-bond donors (Lipinski definition) is 0. The van der Waals surface area contributed by atoms with Crippen molar-refractivity contribution in [3.63, 3.8) is 0 Å². The second kappa shape index (κ2) is 9.69. The summed E-state index contributed by atoms with van der Waals surface area (Å²) in [5, 5.41) is 7.01. The van der Waals surface area contributed by atoms with Crippen molar-refractivity contribution < 1.29 is 9.15 Å². The van der Waals surface area contributed by atoms with Gasteiger partial charge in [-0.05, 0) is 80.0 Å². The summed E-state index contributed by atoms with van der Waals surface area (Å²) in [6.45, 7) is 0. The van der Waals surface area contributed by atoms with Crippen LogP contribution >= 0.6 is 0 Å². The molecule has 8 aromatic carbocycles. The maximum Gasteiger partial charge on any atom is 0.143 e. The highest BCUT2D eigenvalue weighted by Crippen LogP contribution is 2.48. The smallest absolute Gasteiger partial charge is 0.143 e. The van der Waals surface area contributed by atoms with Gasteiger partial charge in [0, 0.05) is 27.1 Å². The average molecular weight is 587 g/mol. The van der Waals surface area contributed by atoms with Crippen LogP contribution in [0.3, 0.4) is 0 Å². The number of fused-ring (bicyclic) bond motifs is 7. The van der Waals surface area contributed by atoms with Crippen LogP contribution in [0.25, 0.3) is 88.0 Å². The summed E-state index contributed by atoms with van der Waals surface area (Å²) >= 11 is 0. The second-order valence-electron chi connectivity index (χ2n) is 12.0. The summed E-state index contributed by atoms with van der Waals surface area (Å²) in [5.74, 6) is 1.82. The van der Waals surface area contributed by atoms with Crippen LogP contribution in [0, 0.1) is 0 Å². The van der Waals surface area contributed by atoms with Gasteiger partial charge in [-0.25, -0.2) is 0 Å². The topological polar surface area (TPSA) is 22.4 Å². The fourth-order valence-electron chi connectivity index (χ4n) is 7.34.